The van der Waals surface area contributed by atoms with Crippen LogP contribution in [0.3, 0.4) is 0 Å². The number of hydrogen-bond acceptors (Lipinski definition) is 4. The van der Waals surface area contributed by atoms with E-state index in [0.717, 1.165) is 38.6 Å². The highest BCUT2D eigenvalue weighted by Gasteiger charge is 2.19. The monoisotopic (exact) mass is 459 g/mol. The van der Waals surface area contributed by atoms with Gasteiger partial charge in [-0.05, 0) is 53.4 Å². The highest BCUT2D eigenvalue weighted by molar-refractivity contribution is 6.09. The molecule has 5 nitrogen and oxygen atoms in total. The molecular weight excluding hydrogens is 434 g/mol. The second-order valence-electron chi connectivity index (χ2n) is 9.75. The second kappa shape index (κ2) is 7.84. The van der Waals surface area contributed by atoms with E-state index in [0.29, 0.717) is 17.1 Å². The van der Waals surface area contributed by atoms with Crippen LogP contribution in [-0.2, 0) is 5.41 Å². The minimum absolute atomic E-state index is 0.0695. The number of phenolic OH excluding ortho intramolecular Hbond substituents is 1. The smallest absolute Gasteiger partial charge is 0.219 e. The number of hydrogen-bond donors (Lipinski definition) is 1. The van der Waals surface area contributed by atoms with Crippen molar-refractivity contribution in [3.63, 3.8) is 0 Å². The van der Waals surface area contributed by atoms with E-state index in [9.17, 15) is 5.11 Å². The van der Waals surface area contributed by atoms with Crippen molar-refractivity contribution in [3.8, 4) is 23.2 Å². The van der Waals surface area contributed by atoms with Gasteiger partial charge in [0.25, 0.3) is 0 Å². The Kier molecular flexibility index (Phi) is 4.74. The van der Waals surface area contributed by atoms with Crippen molar-refractivity contribution >= 4 is 32.7 Å². The van der Waals surface area contributed by atoms with Crippen LogP contribution >= 0.6 is 0 Å². The second-order valence-corrected chi connectivity index (χ2v) is 9.75. The summed E-state index contributed by atoms with van der Waals surface area (Å²) in [5, 5.41) is 13.7. The first-order chi connectivity index (χ1) is 16.9. The molecule has 3 aromatic carbocycles. The maximum atomic E-state index is 10.5. The lowest BCUT2D eigenvalue weighted by Crippen LogP contribution is -2.11. The normalized spacial score (nSPS) is 12.0. The number of phenols is 1. The van der Waals surface area contributed by atoms with Crippen molar-refractivity contribution in [1.82, 2.24) is 14.5 Å². The van der Waals surface area contributed by atoms with Crippen LogP contribution in [0.5, 0.6) is 17.4 Å². The van der Waals surface area contributed by atoms with Gasteiger partial charge < -0.3 is 9.84 Å². The number of fused-ring (bicyclic) bond motifs is 4. The summed E-state index contributed by atoms with van der Waals surface area (Å²) in [5.74, 6) is 2.08. The molecule has 0 radical (unpaired) electrons. The lowest BCUT2D eigenvalue weighted by molar-refractivity contribution is 0.460. The van der Waals surface area contributed by atoms with Crippen LogP contribution < -0.4 is 4.74 Å². The standard InChI is InChI=1S/C30H25N3O2/c1-30(2,3)23-14-15-26(34)29-22(23)13-16-28(32-29)35-19-11-12-21-20-8-4-5-9-24(20)33(25(21)18-19)27-10-6-7-17-31-27/h4-18,34H,1-3H3. The van der Waals surface area contributed by atoms with Crippen LogP contribution in [0, 0.1) is 0 Å². The van der Waals surface area contributed by atoms with Crippen LogP contribution in [0.2, 0.25) is 0 Å². The number of rotatable bonds is 3. The van der Waals surface area contributed by atoms with E-state index in [1.807, 2.05) is 60.7 Å². The maximum absolute atomic E-state index is 10.5. The third-order valence-electron chi connectivity index (χ3n) is 6.36. The molecular formula is C30H25N3O2. The summed E-state index contributed by atoms with van der Waals surface area (Å²) in [5.41, 5.74) is 3.69. The molecule has 0 fully saturated rings. The molecule has 0 spiro atoms. The predicted octanol–water partition coefficient (Wildman–Crippen LogP) is 7.52. The van der Waals surface area contributed by atoms with E-state index in [-0.39, 0.29) is 11.2 Å². The lowest BCUT2D eigenvalue weighted by atomic mass is 9.84. The van der Waals surface area contributed by atoms with Gasteiger partial charge in [-0.15, -0.1) is 0 Å². The van der Waals surface area contributed by atoms with Gasteiger partial charge in [-0.25, -0.2) is 9.97 Å². The van der Waals surface area contributed by atoms with Crippen molar-refractivity contribution in [3.05, 3.63) is 96.7 Å². The summed E-state index contributed by atoms with van der Waals surface area (Å²) in [6, 6.07) is 27.8. The summed E-state index contributed by atoms with van der Waals surface area (Å²) >= 11 is 0. The largest absolute Gasteiger partial charge is 0.506 e. The summed E-state index contributed by atoms with van der Waals surface area (Å²) < 4.78 is 8.35. The highest BCUT2D eigenvalue weighted by atomic mass is 16.5. The molecule has 0 bridgehead atoms. The Hall–Kier alpha value is -4.38. The Morgan fingerprint density at radius 3 is 2.34 bits per heavy atom. The Bertz CT molecular complexity index is 1710. The van der Waals surface area contributed by atoms with E-state index in [1.54, 1.807) is 12.3 Å². The van der Waals surface area contributed by atoms with E-state index in [4.69, 9.17) is 4.74 Å². The van der Waals surface area contributed by atoms with Gasteiger partial charge in [0.2, 0.25) is 5.88 Å². The first-order valence-electron chi connectivity index (χ1n) is 11.7. The summed E-state index contributed by atoms with van der Waals surface area (Å²) in [6.45, 7) is 6.46. The van der Waals surface area contributed by atoms with Crippen molar-refractivity contribution in [2.75, 3.05) is 0 Å². The van der Waals surface area contributed by atoms with Gasteiger partial charge in [0, 0.05) is 34.5 Å². The molecule has 0 saturated carbocycles. The van der Waals surface area contributed by atoms with Crippen molar-refractivity contribution in [2.24, 2.45) is 0 Å². The van der Waals surface area contributed by atoms with Crippen molar-refractivity contribution < 1.29 is 9.84 Å². The van der Waals surface area contributed by atoms with Crippen LogP contribution in [0.4, 0.5) is 0 Å². The summed E-state index contributed by atoms with van der Waals surface area (Å²) in [4.78, 5) is 9.25. The van der Waals surface area contributed by atoms with Crippen molar-refractivity contribution in [1.29, 1.82) is 0 Å². The molecule has 172 valence electrons. The molecule has 3 aromatic heterocycles. The van der Waals surface area contributed by atoms with Gasteiger partial charge in [-0.3, -0.25) is 4.57 Å². The summed E-state index contributed by atoms with van der Waals surface area (Å²) in [6.07, 6.45) is 1.80. The van der Waals surface area contributed by atoms with Gasteiger partial charge in [-0.2, -0.15) is 0 Å². The third kappa shape index (κ3) is 3.56. The Labute approximate surface area is 203 Å². The molecule has 0 aliphatic rings. The zero-order valence-corrected chi connectivity index (χ0v) is 19.9. The number of pyridine rings is 2. The van der Waals surface area contributed by atoms with Crippen LogP contribution in [0.1, 0.15) is 26.3 Å². The number of nitrogens with zero attached hydrogens (tertiary/aromatic N) is 3. The average Bonchev–Trinajstić information content (AvgIpc) is 3.18. The van der Waals surface area contributed by atoms with Crippen LogP contribution in [0.25, 0.3) is 38.5 Å². The third-order valence-corrected chi connectivity index (χ3v) is 6.36. The molecule has 3 heterocycles. The average molecular weight is 460 g/mol. The van der Waals surface area contributed by atoms with Gasteiger partial charge in [0.15, 0.2) is 0 Å². The topological polar surface area (TPSA) is 60.2 Å². The van der Waals surface area contributed by atoms with E-state index < -0.39 is 0 Å². The molecule has 6 rings (SSSR count). The molecule has 0 saturated heterocycles. The van der Waals surface area contributed by atoms with E-state index in [2.05, 4.69) is 53.5 Å². The zero-order chi connectivity index (χ0) is 24.2. The van der Waals surface area contributed by atoms with E-state index in [1.165, 1.54) is 0 Å². The quantitative estimate of drug-likeness (QED) is 0.297. The molecule has 0 aliphatic heterocycles. The molecule has 1 N–H and O–H groups in total. The number of benzene rings is 3. The van der Waals surface area contributed by atoms with Gasteiger partial charge in [0.05, 0.1) is 11.0 Å². The SMILES string of the molecule is CC(C)(C)c1ccc(O)c2nc(Oc3ccc4c5ccccc5n(-c5ccccn5)c4c3)ccc12. The number of ether oxygens (including phenoxy) is 1. The van der Waals surface area contributed by atoms with Crippen molar-refractivity contribution in [2.45, 2.75) is 26.2 Å². The van der Waals surface area contributed by atoms with Crippen LogP contribution in [-0.4, -0.2) is 19.6 Å². The number of aromatic hydroxyl groups is 1. The number of aromatic nitrogens is 3. The molecule has 0 amide bonds. The van der Waals surface area contributed by atoms with Gasteiger partial charge in [0.1, 0.15) is 22.8 Å². The Balaban J connectivity index is 1.48. The Morgan fingerprint density at radius 1 is 0.771 bits per heavy atom. The minimum Gasteiger partial charge on any atom is -0.506 e. The first-order valence-corrected chi connectivity index (χ1v) is 11.7. The predicted molar refractivity (Wildman–Crippen MR) is 141 cm³/mol. The molecule has 35 heavy (non-hydrogen) atoms. The molecule has 0 unspecified atom stereocenters. The fourth-order valence-corrected chi connectivity index (χ4v) is 4.76. The molecule has 0 atom stereocenters. The van der Waals surface area contributed by atoms with Gasteiger partial charge in [-0.1, -0.05) is 51.1 Å². The molecule has 6 aromatic rings. The fraction of sp³-hybridized carbons (Fsp3) is 0.133. The van der Waals surface area contributed by atoms with Gasteiger partial charge >= 0.3 is 0 Å². The highest BCUT2D eigenvalue weighted by Crippen LogP contribution is 2.37. The summed E-state index contributed by atoms with van der Waals surface area (Å²) in [7, 11) is 0. The maximum Gasteiger partial charge on any atom is 0.219 e. The zero-order valence-electron chi connectivity index (χ0n) is 19.9. The number of para-hydroxylation sites is 1. The van der Waals surface area contributed by atoms with Crippen LogP contribution in [0.15, 0.2) is 91.1 Å². The first kappa shape index (κ1) is 21.2. The lowest BCUT2D eigenvalue weighted by Gasteiger charge is -2.21. The van der Waals surface area contributed by atoms with E-state index >= 15 is 0 Å². The Morgan fingerprint density at radius 2 is 1.54 bits per heavy atom. The minimum atomic E-state index is -0.0695. The molecule has 5 heteroatoms. The molecule has 0 aliphatic carbocycles. The fourth-order valence-electron chi connectivity index (χ4n) is 4.76.